The molecule has 1 aromatic rings. The van der Waals surface area contributed by atoms with Crippen LogP contribution in [0.25, 0.3) is 0 Å². The molecule has 1 saturated heterocycles. The van der Waals surface area contributed by atoms with Crippen molar-refractivity contribution in [1.82, 2.24) is 10.2 Å². The Morgan fingerprint density at radius 1 is 1.26 bits per heavy atom. The van der Waals surface area contributed by atoms with Gasteiger partial charge in [-0.05, 0) is 5.56 Å². The van der Waals surface area contributed by atoms with E-state index in [1.807, 2.05) is 30.3 Å². The number of carbonyl (C=O) groups is 1. The molecule has 0 atom stereocenters. The average Bonchev–Trinajstić information content (AvgIpc) is 2.47. The van der Waals surface area contributed by atoms with E-state index < -0.39 is 0 Å². The quantitative estimate of drug-likeness (QED) is 0.869. The Kier molecular flexibility index (Phi) is 5.65. The van der Waals surface area contributed by atoms with Crippen molar-refractivity contribution in [2.24, 2.45) is 0 Å². The lowest BCUT2D eigenvalue weighted by Gasteiger charge is -2.26. The second-order valence-corrected chi connectivity index (χ2v) is 4.44. The number of benzene rings is 1. The molecule has 0 spiro atoms. The molecule has 5 nitrogen and oxygen atoms in total. The van der Waals surface area contributed by atoms with Crippen LogP contribution in [0.5, 0.6) is 0 Å². The zero-order valence-electron chi connectivity index (χ0n) is 11.0. The number of hydrogen-bond donors (Lipinski definition) is 1. The van der Waals surface area contributed by atoms with Gasteiger partial charge in [-0.1, -0.05) is 30.3 Å². The van der Waals surface area contributed by atoms with Crippen LogP contribution < -0.4 is 5.32 Å². The fraction of sp³-hybridized carbons (Fsp3) is 0.500. The Hall–Kier alpha value is -1.59. The van der Waals surface area contributed by atoms with E-state index in [0.29, 0.717) is 13.2 Å². The number of nitrogens with zero attached hydrogens (tertiary/aromatic N) is 1. The van der Waals surface area contributed by atoms with Gasteiger partial charge in [-0.2, -0.15) is 0 Å². The third kappa shape index (κ3) is 5.28. The zero-order valence-corrected chi connectivity index (χ0v) is 11.0. The minimum Gasteiger partial charge on any atom is -0.445 e. The fourth-order valence-corrected chi connectivity index (χ4v) is 1.91. The van der Waals surface area contributed by atoms with Crippen LogP contribution in [0.15, 0.2) is 30.3 Å². The van der Waals surface area contributed by atoms with Crippen LogP contribution in [0.1, 0.15) is 5.56 Å². The lowest BCUT2D eigenvalue weighted by Crippen LogP contribution is -2.41. The molecule has 1 amide bonds. The third-order valence-corrected chi connectivity index (χ3v) is 3.01. The molecule has 2 rings (SSSR count). The van der Waals surface area contributed by atoms with Crippen molar-refractivity contribution in [3.8, 4) is 0 Å². The SMILES string of the molecule is O=C(NCCN1CCOCC1)OCc1ccccc1. The predicted molar refractivity (Wildman–Crippen MR) is 71.9 cm³/mol. The second kappa shape index (κ2) is 7.76. The normalized spacial score (nSPS) is 16.0. The molecule has 1 heterocycles. The topological polar surface area (TPSA) is 50.8 Å². The first-order valence-corrected chi connectivity index (χ1v) is 6.59. The number of hydrogen-bond acceptors (Lipinski definition) is 4. The molecule has 0 radical (unpaired) electrons. The van der Waals surface area contributed by atoms with E-state index in [0.717, 1.165) is 38.4 Å². The molecule has 1 aliphatic rings. The van der Waals surface area contributed by atoms with Crippen molar-refractivity contribution in [2.75, 3.05) is 39.4 Å². The molecule has 0 saturated carbocycles. The molecule has 5 heteroatoms. The first kappa shape index (κ1) is 13.8. The molecule has 1 fully saturated rings. The van der Waals surface area contributed by atoms with E-state index >= 15 is 0 Å². The van der Waals surface area contributed by atoms with Gasteiger partial charge in [-0.3, -0.25) is 4.90 Å². The van der Waals surface area contributed by atoms with Gasteiger partial charge >= 0.3 is 6.09 Å². The van der Waals surface area contributed by atoms with Gasteiger partial charge in [0.05, 0.1) is 13.2 Å². The van der Waals surface area contributed by atoms with E-state index in [1.54, 1.807) is 0 Å². The summed E-state index contributed by atoms with van der Waals surface area (Å²) in [5, 5.41) is 2.76. The number of carbonyl (C=O) groups excluding carboxylic acids is 1. The Morgan fingerprint density at radius 2 is 2.00 bits per heavy atom. The van der Waals surface area contributed by atoms with Gasteiger partial charge in [-0.25, -0.2) is 4.79 Å². The highest BCUT2D eigenvalue weighted by molar-refractivity contribution is 5.67. The van der Waals surface area contributed by atoms with Crippen molar-refractivity contribution >= 4 is 6.09 Å². The summed E-state index contributed by atoms with van der Waals surface area (Å²) < 4.78 is 10.4. The Morgan fingerprint density at radius 3 is 2.74 bits per heavy atom. The maximum atomic E-state index is 11.5. The van der Waals surface area contributed by atoms with Crippen LogP contribution in [0.2, 0.25) is 0 Å². The van der Waals surface area contributed by atoms with Gasteiger partial charge in [0, 0.05) is 26.2 Å². The van der Waals surface area contributed by atoms with Crippen LogP contribution in [-0.4, -0.2) is 50.4 Å². The largest absolute Gasteiger partial charge is 0.445 e. The number of alkyl carbamates (subject to hydrolysis) is 1. The fourth-order valence-electron chi connectivity index (χ4n) is 1.91. The van der Waals surface area contributed by atoms with Gasteiger partial charge in [0.2, 0.25) is 0 Å². The van der Waals surface area contributed by atoms with Crippen molar-refractivity contribution in [2.45, 2.75) is 6.61 Å². The number of ether oxygens (including phenoxy) is 2. The molecule has 1 aromatic carbocycles. The van der Waals surface area contributed by atoms with Gasteiger partial charge in [0.1, 0.15) is 6.61 Å². The lowest BCUT2D eigenvalue weighted by molar-refractivity contribution is 0.0382. The third-order valence-electron chi connectivity index (χ3n) is 3.01. The molecule has 0 aromatic heterocycles. The monoisotopic (exact) mass is 264 g/mol. The summed E-state index contributed by atoms with van der Waals surface area (Å²) in [5.74, 6) is 0. The van der Waals surface area contributed by atoms with Crippen LogP contribution in [0, 0.1) is 0 Å². The second-order valence-electron chi connectivity index (χ2n) is 4.44. The number of rotatable bonds is 5. The molecule has 1 aliphatic heterocycles. The molecule has 104 valence electrons. The molecule has 0 unspecified atom stereocenters. The van der Waals surface area contributed by atoms with Gasteiger partial charge in [0.15, 0.2) is 0 Å². The summed E-state index contributed by atoms with van der Waals surface area (Å²) in [5.41, 5.74) is 0.992. The van der Waals surface area contributed by atoms with Gasteiger partial charge in [-0.15, -0.1) is 0 Å². The first-order valence-electron chi connectivity index (χ1n) is 6.59. The number of amides is 1. The minimum absolute atomic E-state index is 0.310. The summed E-state index contributed by atoms with van der Waals surface area (Å²) in [4.78, 5) is 13.7. The molecule has 0 aliphatic carbocycles. The minimum atomic E-state index is -0.364. The summed E-state index contributed by atoms with van der Waals surface area (Å²) in [6.07, 6.45) is -0.364. The summed E-state index contributed by atoms with van der Waals surface area (Å²) in [7, 11) is 0. The van der Waals surface area contributed by atoms with Crippen LogP contribution >= 0.6 is 0 Å². The van der Waals surface area contributed by atoms with Crippen molar-refractivity contribution in [3.63, 3.8) is 0 Å². The highest BCUT2D eigenvalue weighted by Crippen LogP contribution is 2.00. The summed E-state index contributed by atoms with van der Waals surface area (Å²) in [6.45, 7) is 5.17. The summed E-state index contributed by atoms with van der Waals surface area (Å²) in [6, 6.07) is 9.65. The van der Waals surface area contributed by atoms with E-state index in [2.05, 4.69) is 10.2 Å². The van der Waals surface area contributed by atoms with E-state index in [9.17, 15) is 4.79 Å². The van der Waals surface area contributed by atoms with E-state index in [-0.39, 0.29) is 6.09 Å². The molecule has 1 N–H and O–H groups in total. The van der Waals surface area contributed by atoms with Crippen molar-refractivity contribution < 1.29 is 14.3 Å². The van der Waals surface area contributed by atoms with Gasteiger partial charge < -0.3 is 14.8 Å². The highest BCUT2D eigenvalue weighted by Gasteiger charge is 2.10. The van der Waals surface area contributed by atoms with Gasteiger partial charge in [0.25, 0.3) is 0 Å². The molecular weight excluding hydrogens is 244 g/mol. The standard InChI is InChI=1S/C14H20N2O3/c17-14(19-12-13-4-2-1-3-5-13)15-6-7-16-8-10-18-11-9-16/h1-5H,6-12H2,(H,15,17). The Bertz CT molecular complexity index is 378. The predicted octanol–water partition coefficient (Wildman–Crippen LogP) is 1.24. The Balaban J connectivity index is 1.57. The highest BCUT2D eigenvalue weighted by atomic mass is 16.5. The van der Waals surface area contributed by atoms with Crippen LogP contribution in [-0.2, 0) is 16.1 Å². The first-order chi connectivity index (χ1) is 9.34. The number of morpholine rings is 1. The van der Waals surface area contributed by atoms with Crippen molar-refractivity contribution in [3.05, 3.63) is 35.9 Å². The Labute approximate surface area is 113 Å². The molecular formula is C14H20N2O3. The lowest BCUT2D eigenvalue weighted by atomic mass is 10.2. The van der Waals surface area contributed by atoms with Crippen molar-refractivity contribution in [1.29, 1.82) is 0 Å². The van der Waals surface area contributed by atoms with Crippen LogP contribution in [0.3, 0.4) is 0 Å². The van der Waals surface area contributed by atoms with Crippen LogP contribution in [0.4, 0.5) is 4.79 Å². The molecule has 19 heavy (non-hydrogen) atoms. The maximum Gasteiger partial charge on any atom is 0.407 e. The van der Waals surface area contributed by atoms with E-state index in [1.165, 1.54) is 0 Å². The zero-order chi connectivity index (χ0) is 13.3. The number of nitrogens with one attached hydrogen (secondary N) is 1. The van der Waals surface area contributed by atoms with E-state index in [4.69, 9.17) is 9.47 Å². The summed E-state index contributed by atoms with van der Waals surface area (Å²) >= 11 is 0. The maximum absolute atomic E-state index is 11.5. The smallest absolute Gasteiger partial charge is 0.407 e. The molecule has 0 bridgehead atoms. The average molecular weight is 264 g/mol.